The minimum atomic E-state index is 0.157. The number of fused-ring (bicyclic) bond motifs is 1. The third-order valence-corrected chi connectivity index (χ3v) is 5.93. The van der Waals surface area contributed by atoms with E-state index in [0.717, 1.165) is 29.5 Å². The van der Waals surface area contributed by atoms with Crippen LogP contribution >= 0.6 is 11.3 Å². The maximum Gasteiger partial charge on any atom is 0.185 e. The number of anilines is 1. The second-order valence-corrected chi connectivity index (χ2v) is 7.48. The van der Waals surface area contributed by atoms with Crippen LogP contribution in [0, 0.1) is 6.92 Å². The molecule has 6 heteroatoms. The van der Waals surface area contributed by atoms with Crippen molar-refractivity contribution in [1.29, 1.82) is 0 Å². The first-order chi connectivity index (χ1) is 10.2. The summed E-state index contributed by atoms with van der Waals surface area (Å²) in [6, 6.07) is 0.400. The minimum absolute atomic E-state index is 0.157. The molecule has 0 unspecified atom stereocenters. The molecule has 1 saturated heterocycles. The normalized spacial score (nSPS) is 25.0. The van der Waals surface area contributed by atoms with Gasteiger partial charge in [-0.1, -0.05) is 30.6 Å². The predicted molar refractivity (Wildman–Crippen MR) is 84.9 cm³/mol. The fraction of sp³-hybridized carbons (Fsp3) is 0.733. The number of ether oxygens (including phenoxy) is 1. The van der Waals surface area contributed by atoms with Gasteiger partial charge < -0.3 is 10.1 Å². The Morgan fingerprint density at radius 3 is 2.90 bits per heavy atom. The van der Waals surface area contributed by atoms with Gasteiger partial charge in [-0.15, -0.1) is 0 Å². The molecule has 4 rings (SSSR count). The molecule has 5 nitrogen and oxygen atoms in total. The molecular formula is C15H22N4OS. The van der Waals surface area contributed by atoms with Crippen LogP contribution in [0.3, 0.4) is 0 Å². The van der Waals surface area contributed by atoms with Crippen LogP contribution in [0.4, 0.5) is 5.13 Å². The molecule has 3 heterocycles. The number of nitrogens with zero attached hydrogens (tertiary/aromatic N) is 3. The van der Waals surface area contributed by atoms with Gasteiger partial charge in [0.25, 0.3) is 0 Å². The van der Waals surface area contributed by atoms with E-state index in [2.05, 4.69) is 15.4 Å². The van der Waals surface area contributed by atoms with Gasteiger partial charge in [-0.05, 0) is 26.2 Å². The van der Waals surface area contributed by atoms with Gasteiger partial charge in [-0.2, -0.15) is 5.10 Å². The second kappa shape index (κ2) is 4.95. The summed E-state index contributed by atoms with van der Waals surface area (Å²) in [6.45, 7) is 2.85. The van der Waals surface area contributed by atoms with E-state index in [-0.39, 0.29) is 5.60 Å². The highest BCUT2D eigenvalue weighted by Gasteiger charge is 2.41. The first kappa shape index (κ1) is 13.5. The third-order valence-electron chi connectivity index (χ3n) is 4.85. The third kappa shape index (κ3) is 2.34. The van der Waals surface area contributed by atoms with Gasteiger partial charge in [0.15, 0.2) is 10.8 Å². The van der Waals surface area contributed by atoms with E-state index in [0.29, 0.717) is 6.04 Å². The molecule has 1 aliphatic carbocycles. The van der Waals surface area contributed by atoms with Gasteiger partial charge >= 0.3 is 0 Å². The highest BCUT2D eigenvalue weighted by Crippen LogP contribution is 2.40. The lowest BCUT2D eigenvalue weighted by molar-refractivity contribution is -0.0244. The van der Waals surface area contributed by atoms with Crippen molar-refractivity contribution in [2.45, 2.75) is 57.1 Å². The molecule has 114 valence electrons. The monoisotopic (exact) mass is 306 g/mol. The van der Waals surface area contributed by atoms with E-state index in [1.54, 1.807) is 11.3 Å². The van der Waals surface area contributed by atoms with Gasteiger partial charge in [0, 0.05) is 7.05 Å². The standard InChI is InChI=1S/C15H22N4OS/c1-10-12-13(19(2)18-10)17-14(21-12)16-11-8-15(20-9-11)6-4-3-5-7-15/h11H,3-9H2,1-2H3,(H,16,17)/t11-/m0/s1. The predicted octanol–water partition coefficient (Wildman–Crippen LogP) is 3.24. The van der Waals surface area contributed by atoms with E-state index in [1.807, 2.05) is 18.7 Å². The Balaban J connectivity index is 1.49. The molecule has 0 radical (unpaired) electrons. The van der Waals surface area contributed by atoms with Crippen molar-refractivity contribution in [3.8, 4) is 0 Å². The molecule has 21 heavy (non-hydrogen) atoms. The topological polar surface area (TPSA) is 52.0 Å². The van der Waals surface area contributed by atoms with Crippen molar-refractivity contribution in [3.63, 3.8) is 0 Å². The number of nitrogens with one attached hydrogen (secondary N) is 1. The van der Waals surface area contributed by atoms with Crippen LogP contribution in [0.5, 0.6) is 0 Å². The molecule has 0 aromatic carbocycles. The molecule has 0 bridgehead atoms. The van der Waals surface area contributed by atoms with Gasteiger partial charge in [0.05, 0.1) is 28.6 Å². The molecule has 1 spiro atoms. The van der Waals surface area contributed by atoms with E-state index in [4.69, 9.17) is 4.74 Å². The summed E-state index contributed by atoms with van der Waals surface area (Å²) < 4.78 is 9.21. The summed E-state index contributed by atoms with van der Waals surface area (Å²) in [4.78, 5) is 4.68. The number of hydrogen-bond donors (Lipinski definition) is 1. The number of aromatic nitrogens is 3. The Morgan fingerprint density at radius 2 is 2.14 bits per heavy atom. The van der Waals surface area contributed by atoms with Crippen molar-refractivity contribution in [1.82, 2.24) is 14.8 Å². The zero-order valence-electron chi connectivity index (χ0n) is 12.7. The molecule has 0 amide bonds. The maximum atomic E-state index is 6.17. The summed E-state index contributed by atoms with van der Waals surface area (Å²) in [6.07, 6.45) is 7.59. The summed E-state index contributed by atoms with van der Waals surface area (Å²) >= 11 is 1.71. The van der Waals surface area contributed by atoms with Crippen LogP contribution < -0.4 is 5.32 Å². The number of hydrogen-bond acceptors (Lipinski definition) is 5. The van der Waals surface area contributed by atoms with Crippen LogP contribution in [0.15, 0.2) is 0 Å². The van der Waals surface area contributed by atoms with Crippen LogP contribution in [-0.4, -0.2) is 33.0 Å². The maximum absolute atomic E-state index is 6.17. The van der Waals surface area contributed by atoms with Gasteiger partial charge in [0.2, 0.25) is 0 Å². The molecule has 1 atom stereocenters. The van der Waals surface area contributed by atoms with E-state index >= 15 is 0 Å². The SMILES string of the molecule is Cc1nn(C)c2nc(N[C@@H]3COC4(CCCCC4)C3)sc12. The Bertz CT molecular complexity index is 621. The van der Waals surface area contributed by atoms with Crippen molar-refractivity contribution in [3.05, 3.63) is 5.69 Å². The fourth-order valence-electron chi connectivity index (χ4n) is 3.80. The lowest BCUT2D eigenvalue weighted by Gasteiger charge is -2.32. The zero-order valence-corrected chi connectivity index (χ0v) is 13.5. The van der Waals surface area contributed by atoms with E-state index < -0.39 is 0 Å². The van der Waals surface area contributed by atoms with Gasteiger partial charge in [0.1, 0.15) is 0 Å². The van der Waals surface area contributed by atoms with Crippen molar-refractivity contribution < 1.29 is 4.74 Å². The van der Waals surface area contributed by atoms with Crippen molar-refractivity contribution in [2.24, 2.45) is 7.05 Å². The van der Waals surface area contributed by atoms with Crippen LogP contribution in [0.25, 0.3) is 10.3 Å². The summed E-state index contributed by atoms with van der Waals surface area (Å²) in [5, 5.41) is 8.99. The molecule has 1 N–H and O–H groups in total. The van der Waals surface area contributed by atoms with E-state index in [9.17, 15) is 0 Å². The quantitative estimate of drug-likeness (QED) is 0.925. The van der Waals surface area contributed by atoms with Gasteiger partial charge in [-0.25, -0.2) is 9.67 Å². The van der Waals surface area contributed by atoms with Crippen LogP contribution in [0.2, 0.25) is 0 Å². The molecular weight excluding hydrogens is 284 g/mol. The summed E-state index contributed by atoms with van der Waals surface area (Å²) in [5.41, 5.74) is 2.19. The average molecular weight is 306 g/mol. The molecule has 2 aromatic rings. The molecule has 2 aliphatic rings. The largest absolute Gasteiger partial charge is 0.373 e. The number of rotatable bonds is 2. The zero-order chi connectivity index (χ0) is 14.4. The first-order valence-corrected chi connectivity index (χ1v) is 8.68. The first-order valence-electron chi connectivity index (χ1n) is 7.86. The van der Waals surface area contributed by atoms with Gasteiger partial charge in [-0.3, -0.25) is 0 Å². The fourth-order valence-corrected chi connectivity index (χ4v) is 4.81. The number of aryl methyl sites for hydroxylation is 2. The Morgan fingerprint density at radius 1 is 1.33 bits per heavy atom. The second-order valence-electron chi connectivity index (χ2n) is 6.48. The summed E-state index contributed by atoms with van der Waals surface area (Å²) in [5.74, 6) is 0. The Labute approximate surface area is 128 Å². The summed E-state index contributed by atoms with van der Waals surface area (Å²) in [7, 11) is 1.95. The van der Waals surface area contributed by atoms with Crippen molar-refractivity contribution >= 4 is 26.8 Å². The highest BCUT2D eigenvalue weighted by molar-refractivity contribution is 7.22. The van der Waals surface area contributed by atoms with Crippen molar-refractivity contribution in [2.75, 3.05) is 11.9 Å². The highest BCUT2D eigenvalue weighted by atomic mass is 32.1. The smallest absolute Gasteiger partial charge is 0.185 e. The van der Waals surface area contributed by atoms with E-state index in [1.165, 1.54) is 36.8 Å². The lowest BCUT2D eigenvalue weighted by atomic mass is 9.82. The average Bonchev–Trinajstić information content (AvgIpc) is 3.11. The Kier molecular flexibility index (Phi) is 3.19. The molecule has 2 fully saturated rings. The molecule has 2 aromatic heterocycles. The Hall–Kier alpha value is -1.14. The van der Waals surface area contributed by atoms with Crippen LogP contribution in [0.1, 0.15) is 44.2 Å². The molecule has 1 aliphatic heterocycles. The molecule has 1 saturated carbocycles. The number of thiazole rings is 1. The van der Waals surface area contributed by atoms with Crippen LogP contribution in [-0.2, 0) is 11.8 Å². The minimum Gasteiger partial charge on any atom is -0.373 e. The lowest BCUT2D eigenvalue weighted by Crippen LogP contribution is -2.31.